The number of carbonyl (C=O) groups excluding carboxylic acids is 1. The molecular formula is C22H28FNO4S. The van der Waals surface area contributed by atoms with Gasteiger partial charge in [0.05, 0.1) is 35.0 Å². The van der Waals surface area contributed by atoms with Crippen molar-refractivity contribution in [3.05, 3.63) is 71.5 Å². The first-order chi connectivity index (χ1) is 13.6. The number of hydrogen-bond donors (Lipinski definition) is 1. The van der Waals surface area contributed by atoms with Gasteiger partial charge < -0.3 is 9.47 Å². The Morgan fingerprint density at radius 2 is 1.66 bits per heavy atom. The molecule has 0 aliphatic heterocycles. The van der Waals surface area contributed by atoms with Crippen molar-refractivity contribution >= 4 is 17.0 Å². The van der Waals surface area contributed by atoms with Crippen LogP contribution < -0.4 is 4.72 Å². The second-order valence-electron chi connectivity index (χ2n) is 7.87. The Morgan fingerprint density at radius 3 is 2.21 bits per heavy atom. The van der Waals surface area contributed by atoms with Gasteiger partial charge in [-0.2, -0.15) is 0 Å². The highest BCUT2D eigenvalue weighted by atomic mass is 32.2. The van der Waals surface area contributed by atoms with Crippen molar-refractivity contribution < 1.29 is 22.9 Å². The van der Waals surface area contributed by atoms with E-state index < -0.39 is 39.2 Å². The zero-order chi connectivity index (χ0) is 21.7. The van der Waals surface area contributed by atoms with E-state index in [1.165, 1.54) is 13.2 Å². The van der Waals surface area contributed by atoms with Crippen molar-refractivity contribution in [3.63, 3.8) is 0 Å². The van der Waals surface area contributed by atoms with Gasteiger partial charge in [0, 0.05) is 5.56 Å². The second kappa shape index (κ2) is 9.61. The van der Waals surface area contributed by atoms with Gasteiger partial charge in [0.2, 0.25) is 0 Å². The quantitative estimate of drug-likeness (QED) is 0.658. The lowest BCUT2D eigenvalue weighted by Crippen LogP contribution is -2.57. The molecule has 0 saturated carbocycles. The third-order valence-corrected chi connectivity index (χ3v) is 6.22. The van der Waals surface area contributed by atoms with Gasteiger partial charge in [-0.3, -0.25) is 0 Å². The van der Waals surface area contributed by atoms with Crippen LogP contribution in [0, 0.1) is 5.82 Å². The van der Waals surface area contributed by atoms with E-state index in [1.807, 2.05) is 30.3 Å². The van der Waals surface area contributed by atoms with Gasteiger partial charge >= 0.3 is 5.97 Å². The topological polar surface area (TPSA) is 64.6 Å². The van der Waals surface area contributed by atoms with Crippen LogP contribution in [0.25, 0.3) is 0 Å². The molecule has 2 aromatic carbocycles. The molecule has 0 amide bonds. The van der Waals surface area contributed by atoms with Gasteiger partial charge in [0.1, 0.15) is 5.82 Å². The average Bonchev–Trinajstić information content (AvgIpc) is 2.68. The molecule has 29 heavy (non-hydrogen) atoms. The minimum Gasteiger partial charge on any atom is -0.467 e. The smallest absolute Gasteiger partial charge is 0.337 e. The standard InChI is InChI=1S/C22H28FNO4S/c1-21(2,3)29(26)24-22(4,17-13-9-10-14-18(17)23)19(20(25)27-5)28-15-16-11-7-6-8-12-16/h6-14,19,24H,15H2,1-5H3/t19?,22-,29-/m1/s1. The molecule has 158 valence electrons. The van der Waals surface area contributed by atoms with E-state index in [-0.39, 0.29) is 12.2 Å². The highest BCUT2D eigenvalue weighted by Crippen LogP contribution is 2.32. The van der Waals surface area contributed by atoms with Gasteiger partial charge in [-0.05, 0) is 39.3 Å². The number of benzene rings is 2. The molecule has 5 nitrogen and oxygen atoms in total. The van der Waals surface area contributed by atoms with E-state index in [0.29, 0.717) is 0 Å². The molecule has 2 rings (SSSR count). The van der Waals surface area contributed by atoms with Crippen LogP contribution in [0.4, 0.5) is 4.39 Å². The van der Waals surface area contributed by atoms with E-state index in [9.17, 15) is 13.4 Å². The summed E-state index contributed by atoms with van der Waals surface area (Å²) in [6.07, 6.45) is -1.24. The predicted molar refractivity (Wildman–Crippen MR) is 112 cm³/mol. The maximum atomic E-state index is 14.8. The van der Waals surface area contributed by atoms with E-state index in [4.69, 9.17) is 9.47 Å². The Labute approximate surface area is 174 Å². The number of halogens is 1. The summed E-state index contributed by atoms with van der Waals surface area (Å²) in [6, 6.07) is 15.3. The summed E-state index contributed by atoms with van der Waals surface area (Å²) in [5.74, 6) is -1.23. The highest BCUT2D eigenvalue weighted by Gasteiger charge is 2.46. The van der Waals surface area contributed by atoms with Crippen molar-refractivity contribution in [2.45, 2.75) is 50.7 Å². The third kappa shape index (κ3) is 5.72. The number of nitrogens with one attached hydrogen (secondary N) is 1. The molecule has 1 unspecified atom stereocenters. The fourth-order valence-electron chi connectivity index (χ4n) is 2.81. The van der Waals surface area contributed by atoms with Crippen molar-refractivity contribution in [1.29, 1.82) is 0 Å². The number of hydrogen-bond acceptors (Lipinski definition) is 4. The molecule has 7 heteroatoms. The first-order valence-electron chi connectivity index (χ1n) is 9.27. The minimum absolute atomic E-state index is 0.106. The van der Waals surface area contributed by atoms with Crippen LogP contribution in [0.1, 0.15) is 38.8 Å². The summed E-state index contributed by atoms with van der Waals surface area (Å²) >= 11 is 0. The van der Waals surface area contributed by atoms with Crippen LogP contribution in [0.2, 0.25) is 0 Å². The Balaban J connectivity index is 2.50. The van der Waals surface area contributed by atoms with Crippen LogP contribution in [-0.2, 0) is 37.4 Å². The maximum Gasteiger partial charge on any atom is 0.337 e. The molecule has 1 N–H and O–H groups in total. The minimum atomic E-state index is -1.61. The second-order valence-corrected chi connectivity index (χ2v) is 9.83. The fraction of sp³-hybridized carbons (Fsp3) is 0.409. The Bertz CT molecular complexity index is 853. The SMILES string of the molecule is COC(=O)C(OCc1ccccc1)[C@](C)(N[S@](=O)C(C)(C)C)c1ccccc1F. The highest BCUT2D eigenvalue weighted by molar-refractivity contribution is 7.84. The molecule has 0 aliphatic rings. The van der Waals surface area contributed by atoms with Crippen LogP contribution in [0.5, 0.6) is 0 Å². The lowest BCUT2D eigenvalue weighted by atomic mass is 9.86. The van der Waals surface area contributed by atoms with Crippen molar-refractivity contribution in [2.24, 2.45) is 0 Å². The Hall–Kier alpha value is -2.09. The van der Waals surface area contributed by atoms with Gasteiger partial charge in [-0.15, -0.1) is 0 Å². The molecule has 0 spiro atoms. The zero-order valence-electron chi connectivity index (χ0n) is 17.4. The summed E-state index contributed by atoms with van der Waals surface area (Å²) in [6.45, 7) is 7.07. The molecule has 2 aromatic rings. The summed E-state index contributed by atoms with van der Waals surface area (Å²) in [4.78, 5) is 12.7. The largest absolute Gasteiger partial charge is 0.467 e. The Kier molecular flexibility index (Phi) is 7.68. The van der Waals surface area contributed by atoms with Gasteiger partial charge in [-0.1, -0.05) is 48.5 Å². The first kappa shape index (κ1) is 23.2. The molecule has 0 bridgehead atoms. The van der Waals surface area contributed by atoms with E-state index in [0.717, 1.165) is 5.56 Å². The van der Waals surface area contributed by atoms with E-state index in [2.05, 4.69) is 4.72 Å². The fourth-order valence-corrected chi connectivity index (χ4v) is 3.72. The molecule has 0 radical (unpaired) electrons. The number of esters is 1. The number of rotatable bonds is 8. The summed E-state index contributed by atoms with van der Waals surface area (Å²) in [7, 11) is -0.367. The lowest BCUT2D eigenvalue weighted by Gasteiger charge is -2.38. The number of methoxy groups -OCH3 is 1. The molecule has 0 saturated heterocycles. The summed E-state index contributed by atoms with van der Waals surface area (Å²) in [5, 5.41) is 0. The van der Waals surface area contributed by atoms with E-state index >= 15 is 0 Å². The van der Waals surface area contributed by atoms with Gasteiger partial charge in [-0.25, -0.2) is 18.1 Å². The van der Waals surface area contributed by atoms with Crippen molar-refractivity contribution in [2.75, 3.05) is 7.11 Å². The maximum absolute atomic E-state index is 14.8. The van der Waals surface area contributed by atoms with Crippen molar-refractivity contribution in [3.8, 4) is 0 Å². The molecule has 0 aromatic heterocycles. The van der Waals surface area contributed by atoms with Crippen LogP contribution in [-0.4, -0.2) is 28.1 Å². The van der Waals surface area contributed by atoms with Gasteiger partial charge in [0.25, 0.3) is 0 Å². The van der Waals surface area contributed by atoms with Crippen LogP contribution >= 0.6 is 0 Å². The van der Waals surface area contributed by atoms with Gasteiger partial charge in [0.15, 0.2) is 6.10 Å². The monoisotopic (exact) mass is 421 g/mol. The zero-order valence-corrected chi connectivity index (χ0v) is 18.2. The molecule has 0 heterocycles. The number of carbonyl (C=O) groups is 1. The van der Waals surface area contributed by atoms with Crippen LogP contribution in [0.15, 0.2) is 54.6 Å². The molecular weight excluding hydrogens is 393 g/mol. The molecule has 0 fully saturated rings. The molecule has 0 aliphatic carbocycles. The summed E-state index contributed by atoms with van der Waals surface area (Å²) in [5.41, 5.74) is -0.430. The summed E-state index contributed by atoms with van der Waals surface area (Å²) < 4.78 is 40.9. The third-order valence-electron chi connectivity index (χ3n) is 4.49. The molecule has 3 atom stereocenters. The predicted octanol–water partition coefficient (Wildman–Crippen LogP) is 3.85. The average molecular weight is 422 g/mol. The normalized spacial score (nSPS) is 15.9. The number of ether oxygens (including phenoxy) is 2. The first-order valence-corrected chi connectivity index (χ1v) is 10.4. The van der Waals surface area contributed by atoms with Crippen LogP contribution in [0.3, 0.4) is 0 Å². The van der Waals surface area contributed by atoms with Crippen molar-refractivity contribution in [1.82, 2.24) is 4.72 Å². The lowest BCUT2D eigenvalue weighted by molar-refractivity contribution is -0.161. The Morgan fingerprint density at radius 1 is 1.07 bits per heavy atom. The van der Waals surface area contributed by atoms with E-state index in [1.54, 1.807) is 45.9 Å².